The van der Waals surface area contributed by atoms with Crippen molar-refractivity contribution in [3.05, 3.63) is 47.1 Å². The maximum Gasteiger partial charge on any atom is 0.312 e. The number of carbonyl (C=O) groups excluding carboxylic acids is 1. The van der Waals surface area contributed by atoms with Gasteiger partial charge in [-0.15, -0.1) is 0 Å². The molecule has 0 spiro atoms. The van der Waals surface area contributed by atoms with Gasteiger partial charge in [0.25, 0.3) is 0 Å². The molecule has 1 saturated carbocycles. The van der Waals surface area contributed by atoms with Gasteiger partial charge in [0.05, 0.1) is 0 Å². The fourth-order valence-corrected chi connectivity index (χ4v) is 7.36. The molecule has 7 atom stereocenters. The molecule has 0 aromatic carbocycles. The van der Waals surface area contributed by atoms with E-state index in [-0.39, 0.29) is 11.5 Å². The highest BCUT2D eigenvalue weighted by molar-refractivity contribution is 5.72. The summed E-state index contributed by atoms with van der Waals surface area (Å²) in [6.07, 6.45) is 19.3. The maximum absolute atomic E-state index is 11.3. The predicted molar refractivity (Wildman–Crippen MR) is 134 cm³/mol. The Bertz CT molecular complexity index is 878. The van der Waals surface area contributed by atoms with E-state index in [0.717, 1.165) is 18.8 Å². The molecule has 0 heterocycles. The second-order valence-corrected chi connectivity index (χ2v) is 12.0. The first-order valence-corrected chi connectivity index (χ1v) is 12.9. The lowest BCUT2D eigenvalue weighted by Crippen LogP contribution is -2.45. The third-order valence-corrected chi connectivity index (χ3v) is 9.85. The lowest BCUT2D eigenvalue weighted by molar-refractivity contribution is 0.139. The molecule has 0 saturated heterocycles. The maximum atomic E-state index is 11.3. The van der Waals surface area contributed by atoms with Gasteiger partial charge in [-0.2, -0.15) is 0 Å². The number of carbonyl (C=O) groups is 1. The molecular formula is C29H44N2O. The van der Waals surface area contributed by atoms with Crippen molar-refractivity contribution in [2.75, 3.05) is 0 Å². The monoisotopic (exact) mass is 436 g/mol. The summed E-state index contributed by atoms with van der Waals surface area (Å²) in [5.41, 5.74) is 10.7. The second kappa shape index (κ2) is 8.54. The molecule has 4 rings (SSSR count). The minimum atomic E-state index is -0.422. The molecule has 0 aromatic rings. The zero-order valence-corrected chi connectivity index (χ0v) is 21.1. The zero-order valence-electron chi connectivity index (χ0n) is 21.1. The molecule has 3 N–H and O–H groups in total. The minimum Gasteiger partial charge on any atom is -0.352 e. The van der Waals surface area contributed by atoms with Crippen LogP contribution in [0, 0.1) is 40.4 Å². The quantitative estimate of drug-likeness (QED) is 0.451. The highest BCUT2D eigenvalue weighted by atomic mass is 16.2. The van der Waals surface area contributed by atoms with E-state index in [9.17, 15) is 4.79 Å². The van der Waals surface area contributed by atoms with E-state index in [1.54, 1.807) is 11.1 Å². The van der Waals surface area contributed by atoms with Gasteiger partial charge in [-0.05, 0) is 90.1 Å². The molecule has 3 heteroatoms. The number of hydrogen-bond acceptors (Lipinski definition) is 1. The van der Waals surface area contributed by atoms with E-state index in [2.05, 4.69) is 77.2 Å². The van der Waals surface area contributed by atoms with Crippen LogP contribution in [0.15, 0.2) is 47.1 Å². The van der Waals surface area contributed by atoms with Gasteiger partial charge in [0, 0.05) is 6.04 Å². The van der Waals surface area contributed by atoms with Crippen LogP contribution >= 0.6 is 0 Å². The van der Waals surface area contributed by atoms with Crippen molar-refractivity contribution < 1.29 is 4.79 Å². The number of rotatable bonds is 5. The van der Waals surface area contributed by atoms with Crippen molar-refractivity contribution >= 4 is 6.03 Å². The fraction of sp³-hybridized carbons (Fsp3) is 0.690. The second-order valence-electron chi connectivity index (χ2n) is 12.0. The van der Waals surface area contributed by atoms with Gasteiger partial charge in [0.1, 0.15) is 0 Å². The van der Waals surface area contributed by atoms with Crippen molar-refractivity contribution in [3.63, 3.8) is 0 Å². The summed E-state index contributed by atoms with van der Waals surface area (Å²) in [5, 5.41) is 2.90. The molecular weight excluding hydrogens is 392 g/mol. The first kappa shape index (κ1) is 23.4. The number of nitrogens with one attached hydrogen (secondary N) is 1. The largest absolute Gasteiger partial charge is 0.352 e. The van der Waals surface area contributed by atoms with E-state index >= 15 is 0 Å². The van der Waals surface area contributed by atoms with E-state index in [1.165, 1.54) is 31.3 Å². The van der Waals surface area contributed by atoms with Crippen LogP contribution in [0.4, 0.5) is 4.79 Å². The Balaban J connectivity index is 1.62. The topological polar surface area (TPSA) is 55.1 Å². The third kappa shape index (κ3) is 3.90. The Morgan fingerprint density at radius 2 is 1.78 bits per heavy atom. The van der Waals surface area contributed by atoms with Gasteiger partial charge in [0.2, 0.25) is 0 Å². The summed E-state index contributed by atoms with van der Waals surface area (Å²) < 4.78 is 0. The summed E-state index contributed by atoms with van der Waals surface area (Å²) in [5.74, 6) is 3.34. The molecule has 2 amide bonds. The molecule has 3 nitrogen and oxygen atoms in total. The summed E-state index contributed by atoms with van der Waals surface area (Å²) in [7, 11) is 0. The number of urea groups is 1. The summed E-state index contributed by atoms with van der Waals surface area (Å²) in [6, 6.07) is -0.352. The van der Waals surface area contributed by atoms with Crippen molar-refractivity contribution in [2.24, 2.45) is 46.2 Å². The standard InChI is InChI=1S/C29H44N2O/c1-18(2)19(3)7-8-20(4)24-11-12-25-23-10-9-21-17-22(31-27(30)32)13-15-28(21,5)26(23)14-16-29(24,25)6/h7-10,17-20,22,24,26H,11-16H2,1-6H3,(H3,30,31,32)/t19-,20+,22+,24+,26-,28-,29+/m0/s1. The molecule has 4 aliphatic carbocycles. The highest BCUT2D eigenvalue weighted by Gasteiger charge is 2.53. The number of fused-ring (bicyclic) bond motifs is 4. The fourth-order valence-electron chi connectivity index (χ4n) is 7.36. The van der Waals surface area contributed by atoms with E-state index in [0.29, 0.717) is 29.1 Å². The zero-order chi connectivity index (χ0) is 23.3. The van der Waals surface area contributed by atoms with Gasteiger partial charge >= 0.3 is 6.03 Å². The Labute approximate surface area is 195 Å². The van der Waals surface area contributed by atoms with E-state index in [1.807, 2.05) is 0 Å². The minimum absolute atomic E-state index is 0.0695. The SMILES string of the molecule is CC(C)[C@@H](C)C=C[C@@H](C)[C@H]1CCC2=C3C=CC4=C[C@H](NC(N)=O)CC[C@]4(C)[C@H]3CC[C@@]21C. The number of primary amides is 1. The normalized spacial score (nSPS) is 38.2. The van der Waals surface area contributed by atoms with E-state index < -0.39 is 6.03 Å². The van der Waals surface area contributed by atoms with Crippen LogP contribution in [0.3, 0.4) is 0 Å². The van der Waals surface area contributed by atoms with Gasteiger partial charge in [-0.25, -0.2) is 4.79 Å². The number of amides is 2. The molecule has 32 heavy (non-hydrogen) atoms. The lowest BCUT2D eigenvalue weighted by Gasteiger charge is -2.51. The molecule has 0 aliphatic heterocycles. The first-order valence-electron chi connectivity index (χ1n) is 12.9. The average molecular weight is 437 g/mol. The van der Waals surface area contributed by atoms with Crippen molar-refractivity contribution in [3.8, 4) is 0 Å². The van der Waals surface area contributed by atoms with Crippen molar-refractivity contribution in [1.82, 2.24) is 5.32 Å². The smallest absolute Gasteiger partial charge is 0.312 e. The molecule has 4 aliphatic rings. The molecule has 0 aromatic heterocycles. The van der Waals surface area contributed by atoms with Crippen LogP contribution in [0.1, 0.15) is 80.1 Å². The van der Waals surface area contributed by atoms with Gasteiger partial charge in [-0.1, -0.05) is 77.5 Å². The number of nitrogens with two attached hydrogens (primary N) is 1. The van der Waals surface area contributed by atoms with Crippen LogP contribution in [-0.2, 0) is 0 Å². The molecule has 0 radical (unpaired) electrons. The van der Waals surface area contributed by atoms with Gasteiger partial charge < -0.3 is 11.1 Å². The van der Waals surface area contributed by atoms with Crippen molar-refractivity contribution in [2.45, 2.75) is 86.1 Å². The Hall–Kier alpha value is -1.77. The van der Waals surface area contributed by atoms with Crippen LogP contribution in [0.5, 0.6) is 0 Å². The molecule has 0 bridgehead atoms. The summed E-state index contributed by atoms with van der Waals surface area (Å²) in [4.78, 5) is 11.3. The van der Waals surface area contributed by atoms with E-state index in [4.69, 9.17) is 5.73 Å². The summed E-state index contributed by atoms with van der Waals surface area (Å²) >= 11 is 0. The molecule has 0 unspecified atom stereocenters. The van der Waals surface area contributed by atoms with Gasteiger partial charge in [0.15, 0.2) is 0 Å². The van der Waals surface area contributed by atoms with Crippen molar-refractivity contribution in [1.29, 1.82) is 0 Å². The lowest BCUT2D eigenvalue weighted by atomic mass is 9.53. The number of allylic oxidation sites excluding steroid dienone is 7. The summed E-state index contributed by atoms with van der Waals surface area (Å²) in [6.45, 7) is 14.4. The van der Waals surface area contributed by atoms with Crippen LogP contribution < -0.4 is 11.1 Å². The van der Waals surface area contributed by atoms with Crippen LogP contribution in [0.25, 0.3) is 0 Å². The molecule has 176 valence electrons. The average Bonchev–Trinajstić information content (AvgIpc) is 3.08. The van der Waals surface area contributed by atoms with Crippen LogP contribution in [0.2, 0.25) is 0 Å². The Morgan fingerprint density at radius 3 is 2.47 bits per heavy atom. The Morgan fingerprint density at radius 1 is 1.06 bits per heavy atom. The highest BCUT2D eigenvalue weighted by Crippen LogP contribution is 2.63. The first-order chi connectivity index (χ1) is 15.1. The van der Waals surface area contributed by atoms with Crippen LogP contribution in [-0.4, -0.2) is 12.1 Å². The molecule has 1 fully saturated rings. The Kier molecular flexibility index (Phi) is 6.24. The predicted octanol–water partition coefficient (Wildman–Crippen LogP) is 6.93. The third-order valence-electron chi connectivity index (χ3n) is 9.85. The number of hydrogen-bond donors (Lipinski definition) is 2. The van der Waals surface area contributed by atoms with Gasteiger partial charge in [-0.3, -0.25) is 0 Å².